The van der Waals surface area contributed by atoms with Crippen molar-refractivity contribution in [2.24, 2.45) is 5.92 Å². The van der Waals surface area contributed by atoms with Gasteiger partial charge < -0.3 is 18.9 Å². The predicted octanol–water partition coefficient (Wildman–Crippen LogP) is 0.906. The second kappa shape index (κ2) is 8.55. The number of H-pyrrole nitrogens is 1. The lowest BCUT2D eigenvalue weighted by Crippen LogP contribution is -2.52. The van der Waals surface area contributed by atoms with Crippen molar-refractivity contribution in [3.8, 4) is 0 Å². The van der Waals surface area contributed by atoms with Gasteiger partial charge in [0.1, 0.15) is 25.0 Å². The fourth-order valence-electron chi connectivity index (χ4n) is 3.94. The van der Waals surface area contributed by atoms with Crippen LogP contribution in [0.2, 0.25) is 0 Å². The quantitative estimate of drug-likeness (QED) is 0.697. The van der Waals surface area contributed by atoms with Crippen LogP contribution in [0.3, 0.4) is 0 Å². The maximum absolute atomic E-state index is 12.4. The zero-order valence-corrected chi connectivity index (χ0v) is 16.8. The van der Waals surface area contributed by atoms with Crippen LogP contribution in [-0.2, 0) is 30.3 Å². The zero-order valence-electron chi connectivity index (χ0n) is 16.8. The van der Waals surface area contributed by atoms with E-state index in [1.165, 1.54) is 17.7 Å². The van der Waals surface area contributed by atoms with Crippen LogP contribution in [0.1, 0.15) is 24.3 Å². The van der Waals surface area contributed by atoms with Gasteiger partial charge in [-0.25, -0.2) is 4.79 Å². The van der Waals surface area contributed by atoms with Gasteiger partial charge in [-0.3, -0.25) is 19.1 Å². The molecule has 9 nitrogen and oxygen atoms in total. The Morgan fingerprint density at radius 2 is 2.03 bits per heavy atom. The molecule has 3 heterocycles. The number of rotatable bonds is 6. The lowest BCUT2D eigenvalue weighted by molar-refractivity contribution is -0.200. The molecule has 2 saturated heterocycles. The maximum atomic E-state index is 12.4. The molecule has 2 aliphatic rings. The second-order valence-corrected chi connectivity index (χ2v) is 7.57. The van der Waals surface area contributed by atoms with Crippen molar-refractivity contribution in [3.05, 3.63) is 68.5 Å². The number of aryl methyl sites for hydroxylation is 1. The summed E-state index contributed by atoms with van der Waals surface area (Å²) in [6, 6.07) is 9.74. The number of fused-ring (bicyclic) bond motifs is 2. The molecular weight excluding hydrogens is 392 g/mol. The number of aromatic amines is 1. The molecule has 2 aromatic rings. The second-order valence-electron chi connectivity index (χ2n) is 7.57. The summed E-state index contributed by atoms with van der Waals surface area (Å²) >= 11 is 0. The molecule has 0 saturated carbocycles. The molecule has 1 unspecified atom stereocenters. The smallest absolute Gasteiger partial charge is 0.330 e. The van der Waals surface area contributed by atoms with Crippen molar-refractivity contribution >= 4 is 5.97 Å². The van der Waals surface area contributed by atoms with Gasteiger partial charge in [0.05, 0.1) is 25.2 Å². The number of ether oxygens (including phenoxy) is 4. The maximum Gasteiger partial charge on any atom is 0.330 e. The summed E-state index contributed by atoms with van der Waals surface area (Å²) in [6.45, 7) is 3.60. The lowest BCUT2D eigenvalue weighted by atomic mass is 9.92. The predicted molar refractivity (Wildman–Crippen MR) is 105 cm³/mol. The van der Waals surface area contributed by atoms with Crippen LogP contribution in [0.5, 0.6) is 0 Å². The van der Waals surface area contributed by atoms with Gasteiger partial charge >= 0.3 is 11.7 Å². The average Bonchev–Trinajstić information content (AvgIpc) is 3.01. The first-order valence-electron chi connectivity index (χ1n) is 9.82. The summed E-state index contributed by atoms with van der Waals surface area (Å²) in [4.78, 5) is 37.9. The molecule has 0 radical (unpaired) electrons. The van der Waals surface area contributed by atoms with Crippen molar-refractivity contribution in [1.82, 2.24) is 9.55 Å². The Bertz CT molecular complexity index is 1020. The fraction of sp³-hybridized carbons (Fsp3) is 0.476. The molecule has 5 atom stereocenters. The minimum absolute atomic E-state index is 0.00675. The Morgan fingerprint density at radius 3 is 2.77 bits per heavy atom. The van der Waals surface area contributed by atoms with Crippen molar-refractivity contribution < 1.29 is 23.7 Å². The zero-order chi connectivity index (χ0) is 21.3. The molecule has 4 rings (SSSR count). The standard InChI is InChI=1S/C21H24N2O7/c1-12-8-23(21(26)22-19(12)25)20-15(10-27-13(2)24)17-18(16(30-20)11-29-17)28-9-14-6-4-3-5-7-14/h3-8,15-18,20H,9-11H2,1-2H3,(H,22,25,26)/t15-,16-,17?,18-,20+/m1/s1. The van der Waals surface area contributed by atoms with E-state index in [9.17, 15) is 14.4 Å². The number of nitrogens with zero attached hydrogens (tertiary/aromatic N) is 1. The topological polar surface area (TPSA) is 109 Å². The van der Waals surface area contributed by atoms with Crippen LogP contribution in [0.15, 0.2) is 46.1 Å². The first-order valence-corrected chi connectivity index (χ1v) is 9.82. The number of nitrogens with one attached hydrogen (secondary N) is 1. The van der Waals surface area contributed by atoms with Gasteiger partial charge in [-0.1, -0.05) is 30.3 Å². The largest absolute Gasteiger partial charge is 0.465 e. The van der Waals surface area contributed by atoms with E-state index < -0.39 is 41.6 Å². The third-order valence-corrected chi connectivity index (χ3v) is 5.43. The molecule has 1 N–H and O–H groups in total. The molecule has 1 aromatic carbocycles. The third kappa shape index (κ3) is 4.09. The molecule has 9 heteroatoms. The Morgan fingerprint density at radius 1 is 1.27 bits per heavy atom. The van der Waals surface area contributed by atoms with Crippen LogP contribution in [0.4, 0.5) is 0 Å². The molecule has 1 aromatic heterocycles. The molecule has 2 fully saturated rings. The van der Waals surface area contributed by atoms with Gasteiger partial charge in [0.15, 0.2) is 0 Å². The van der Waals surface area contributed by atoms with Crippen LogP contribution < -0.4 is 11.2 Å². The highest BCUT2D eigenvalue weighted by atomic mass is 16.6. The molecule has 0 spiro atoms. The molecule has 30 heavy (non-hydrogen) atoms. The normalized spacial score (nSPS) is 27.7. The van der Waals surface area contributed by atoms with E-state index in [4.69, 9.17) is 18.9 Å². The van der Waals surface area contributed by atoms with Gasteiger partial charge in [0.2, 0.25) is 0 Å². The van der Waals surface area contributed by atoms with E-state index in [1.807, 2.05) is 30.3 Å². The minimum Gasteiger partial charge on any atom is -0.465 e. The first kappa shape index (κ1) is 20.5. The molecule has 2 aliphatic heterocycles. The highest BCUT2D eigenvalue weighted by molar-refractivity contribution is 5.65. The van der Waals surface area contributed by atoms with Crippen molar-refractivity contribution in [2.45, 2.75) is 45.0 Å². The van der Waals surface area contributed by atoms with E-state index in [1.54, 1.807) is 6.92 Å². The summed E-state index contributed by atoms with van der Waals surface area (Å²) in [5.74, 6) is -0.933. The summed E-state index contributed by atoms with van der Waals surface area (Å²) in [5.41, 5.74) is 0.349. The van der Waals surface area contributed by atoms with Gasteiger partial charge in [0, 0.05) is 18.7 Å². The molecule has 2 bridgehead atoms. The number of aromatic nitrogens is 2. The van der Waals surface area contributed by atoms with Crippen LogP contribution >= 0.6 is 0 Å². The Hall–Kier alpha value is -2.75. The van der Waals surface area contributed by atoms with Crippen LogP contribution in [0, 0.1) is 12.8 Å². The summed E-state index contributed by atoms with van der Waals surface area (Å²) in [6.07, 6.45) is -0.507. The number of hydrogen-bond acceptors (Lipinski definition) is 7. The Balaban J connectivity index is 1.60. The summed E-state index contributed by atoms with van der Waals surface area (Å²) in [5, 5.41) is 0. The molecule has 0 aliphatic carbocycles. The number of carbonyl (C=O) groups is 1. The average molecular weight is 416 g/mol. The number of carbonyl (C=O) groups excluding carboxylic acids is 1. The molecular formula is C21H24N2O7. The lowest BCUT2D eigenvalue weighted by Gasteiger charge is -2.40. The monoisotopic (exact) mass is 416 g/mol. The van der Waals surface area contributed by atoms with Gasteiger partial charge in [-0.05, 0) is 12.5 Å². The van der Waals surface area contributed by atoms with E-state index in [2.05, 4.69) is 4.98 Å². The van der Waals surface area contributed by atoms with Crippen molar-refractivity contribution in [1.29, 1.82) is 0 Å². The van der Waals surface area contributed by atoms with Crippen LogP contribution in [-0.4, -0.2) is 47.0 Å². The van der Waals surface area contributed by atoms with Crippen molar-refractivity contribution in [2.75, 3.05) is 13.2 Å². The van der Waals surface area contributed by atoms with Crippen LogP contribution in [0.25, 0.3) is 0 Å². The highest BCUT2D eigenvalue weighted by Gasteiger charge is 2.53. The van der Waals surface area contributed by atoms with E-state index in [0.717, 1.165) is 5.56 Å². The fourth-order valence-corrected chi connectivity index (χ4v) is 3.94. The Labute approximate surface area is 172 Å². The summed E-state index contributed by atoms with van der Waals surface area (Å²) < 4.78 is 24.8. The van der Waals surface area contributed by atoms with E-state index >= 15 is 0 Å². The van der Waals surface area contributed by atoms with Gasteiger partial charge in [-0.2, -0.15) is 0 Å². The number of hydrogen-bond donors (Lipinski definition) is 1. The van der Waals surface area contributed by atoms with Gasteiger partial charge in [-0.15, -0.1) is 0 Å². The first-order chi connectivity index (χ1) is 14.4. The third-order valence-electron chi connectivity index (χ3n) is 5.43. The van der Waals surface area contributed by atoms with Crippen molar-refractivity contribution in [3.63, 3.8) is 0 Å². The molecule has 160 valence electrons. The number of benzene rings is 1. The van der Waals surface area contributed by atoms with E-state index in [0.29, 0.717) is 18.8 Å². The number of esters is 1. The van der Waals surface area contributed by atoms with Gasteiger partial charge in [0.25, 0.3) is 5.56 Å². The summed E-state index contributed by atoms with van der Waals surface area (Å²) in [7, 11) is 0. The SMILES string of the molecule is CC(=O)OC[C@@H]1C2OC[C@@H](O[C@@H]1n1cc(C)c(=O)[nH]c1=O)[C@H]2OCc1ccccc1. The minimum atomic E-state index is -0.763. The molecule has 0 amide bonds. The Kier molecular flexibility index (Phi) is 5.85. The van der Waals surface area contributed by atoms with E-state index in [-0.39, 0.29) is 12.7 Å². The highest BCUT2D eigenvalue weighted by Crippen LogP contribution is 2.40.